The van der Waals surface area contributed by atoms with Crippen molar-refractivity contribution in [2.45, 2.75) is 40.7 Å². The molecule has 2 rings (SSSR count). The molecule has 0 aliphatic heterocycles. The summed E-state index contributed by atoms with van der Waals surface area (Å²) in [6.45, 7) is 11.4. The van der Waals surface area contributed by atoms with Crippen molar-refractivity contribution in [3.8, 4) is 0 Å². The Balaban J connectivity index is 2.14. The molecule has 122 valence electrons. The fourth-order valence-corrected chi connectivity index (χ4v) is 2.76. The van der Waals surface area contributed by atoms with Crippen LogP contribution in [0.15, 0.2) is 42.5 Å². The minimum atomic E-state index is -0.0600. The number of nitrogens with zero attached hydrogens (tertiary/aromatic N) is 1. The monoisotopic (exact) mass is 310 g/mol. The molecular weight excluding hydrogens is 284 g/mol. The Bertz CT molecular complexity index is 675. The van der Waals surface area contributed by atoms with Gasteiger partial charge in [0.15, 0.2) is 0 Å². The van der Waals surface area contributed by atoms with E-state index < -0.39 is 0 Å². The molecule has 0 atom stereocenters. The smallest absolute Gasteiger partial charge is 0.255 e. The highest BCUT2D eigenvalue weighted by atomic mass is 16.1. The Morgan fingerprint density at radius 3 is 2.30 bits per heavy atom. The van der Waals surface area contributed by atoms with E-state index in [1.165, 1.54) is 5.69 Å². The lowest BCUT2D eigenvalue weighted by molar-refractivity contribution is 0.102. The number of rotatable bonds is 5. The fourth-order valence-electron chi connectivity index (χ4n) is 2.76. The van der Waals surface area contributed by atoms with Crippen LogP contribution in [0, 0.1) is 13.8 Å². The molecule has 0 saturated carbocycles. The van der Waals surface area contributed by atoms with Gasteiger partial charge in [0.25, 0.3) is 5.91 Å². The number of aryl methyl sites for hydroxylation is 2. The van der Waals surface area contributed by atoms with Crippen LogP contribution in [0.2, 0.25) is 0 Å². The van der Waals surface area contributed by atoms with Crippen LogP contribution in [0.25, 0.3) is 0 Å². The largest absolute Gasteiger partial charge is 0.369 e. The molecule has 0 fully saturated rings. The summed E-state index contributed by atoms with van der Waals surface area (Å²) in [5.74, 6) is -0.0600. The molecule has 2 aromatic rings. The Morgan fingerprint density at radius 1 is 1.09 bits per heavy atom. The highest BCUT2D eigenvalue weighted by Crippen LogP contribution is 2.21. The summed E-state index contributed by atoms with van der Waals surface area (Å²) in [7, 11) is 0. The first kappa shape index (κ1) is 17.1. The van der Waals surface area contributed by atoms with Crippen LogP contribution in [0.4, 0.5) is 11.4 Å². The number of carbonyl (C=O) groups excluding carboxylic acids is 1. The second kappa shape index (κ2) is 7.32. The molecular formula is C20H26N2O. The molecule has 0 aromatic heterocycles. The van der Waals surface area contributed by atoms with E-state index in [2.05, 4.69) is 43.1 Å². The standard InChI is InChI=1S/C20H26N2O/c1-6-22(14(2)3)18-11-9-17(10-12-18)21-20(23)19-13-15(4)7-8-16(19)5/h7-14H,6H2,1-5H3,(H,21,23). The van der Waals surface area contributed by atoms with Crippen molar-refractivity contribution in [3.05, 3.63) is 59.2 Å². The lowest BCUT2D eigenvalue weighted by Gasteiger charge is -2.27. The minimum absolute atomic E-state index is 0.0600. The third kappa shape index (κ3) is 4.13. The lowest BCUT2D eigenvalue weighted by atomic mass is 10.0. The van der Waals surface area contributed by atoms with Gasteiger partial charge in [-0.25, -0.2) is 0 Å². The third-order valence-electron chi connectivity index (χ3n) is 4.06. The molecule has 3 nitrogen and oxygen atoms in total. The predicted molar refractivity (Wildman–Crippen MR) is 98.5 cm³/mol. The molecule has 0 spiro atoms. The molecule has 3 heteroatoms. The van der Waals surface area contributed by atoms with E-state index in [1.54, 1.807) is 0 Å². The molecule has 2 aromatic carbocycles. The topological polar surface area (TPSA) is 32.3 Å². The zero-order chi connectivity index (χ0) is 17.0. The number of benzene rings is 2. The summed E-state index contributed by atoms with van der Waals surface area (Å²) in [5, 5.41) is 2.98. The average molecular weight is 310 g/mol. The normalized spacial score (nSPS) is 10.7. The van der Waals surface area contributed by atoms with Crippen molar-refractivity contribution in [1.29, 1.82) is 0 Å². The van der Waals surface area contributed by atoms with Crippen LogP contribution in [-0.4, -0.2) is 18.5 Å². The quantitative estimate of drug-likeness (QED) is 0.861. The van der Waals surface area contributed by atoms with Gasteiger partial charge in [-0.05, 0) is 70.5 Å². The van der Waals surface area contributed by atoms with E-state index in [0.29, 0.717) is 6.04 Å². The van der Waals surface area contributed by atoms with Crippen molar-refractivity contribution >= 4 is 17.3 Å². The van der Waals surface area contributed by atoms with Crippen LogP contribution in [0.1, 0.15) is 42.3 Å². The van der Waals surface area contributed by atoms with Gasteiger partial charge in [-0.1, -0.05) is 17.7 Å². The van der Waals surface area contributed by atoms with Gasteiger partial charge in [-0.3, -0.25) is 4.79 Å². The number of hydrogen-bond acceptors (Lipinski definition) is 2. The number of nitrogens with one attached hydrogen (secondary N) is 1. The highest BCUT2D eigenvalue weighted by Gasteiger charge is 2.11. The number of carbonyl (C=O) groups is 1. The van der Waals surface area contributed by atoms with Gasteiger partial charge in [0.1, 0.15) is 0 Å². The van der Waals surface area contributed by atoms with E-state index in [0.717, 1.165) is 28.9 Å². The molecule has 0 saturated heterocycles. The SMILES string of the molecule is CCN(c1ccc(NC(=O)c2cc(C)ccc2C)cc1)C(C)C. The molecule has 1 amide bonds. The summed E-state index contributed by atoms with van der Waals surface area (Å²) in [4.78, 5) is 14.8. The zero-order valence-corrected chi connectivity index (χ0v) is 14.7. The van der Waals surface area contributed by atoms with E-state index in [-0.39, 0.29) is 5.91 Å². The summed E-state index contributed by atoms with van der Waals surface area (Å²) in [5.41, 5.74) is 4.80. The van der Waals surface area contributed by atoms with E-state index in [1.807, 2.05) is 44.2 Å². The van der Waals surface area contributed by atoms with Gasteiger partial charge in [-0.2, -0.15) is 0 Å². The van der Waals surface area contributed by atoms with Crippen molar-refractivity contribution < 1.29 is 4.79 Å². The lowest BCUT2D eigenvalue weighted by Crippen LogP contribution is -2.30. The van der Waals surface area contributed by atoms with Gasteiger partial charge in [0, 0.05) is 29.5 Å². The average Bonchev–Trinajstić information content (AvgIpc) is 2.51. The van der Waals surface area contributed by atoms with Crippen LogP contribution in [-0.2, 0) is 0 Å². The maximum atomic E-state index is 12.4. The van der Waals surface area contributed by atoms with Gasteiger partial charge >= 0.3 is 0 Å². The molecule has 0 unspecified atom stereocenters. The first-order valence-corrected chi connectivity index (χ1v) is 8.17. The number of amides is 1. The van der Waals surface area contributed by atoms with Crippen molar-refractivity contribution in [2.75, 3.05) is 16.8 Å². The first-order chi connectivity index (χ1) is 10.9. The van der Waals surface area contributed by atoms with Crippen LogP contribution in [0.5, 0.6) is 0 Å². The van der Waals surface area contributed by atoms with Gasteiger partial charge < -0.3 is 10.2 Å². The Morgan fingerprint density at radius 2 is 1.74 bits per heavy atom. The Kier molecular flexibility index (Phi) is 5.43. The van der Waals surface area contributed by atoms with Crippen LogP contribution >= 0.6 is 0 Å². The maximum Gasteiger partial charge on any atom is 0.255 e. The second-order valence-electron chi connectivity index (χ2n) is 6.20. The predicted octanol–water partition coefficient (Wildman–Crippen LogP) is 4.79. The summed E-state index contributed by atoms with van der Waals surface area (Å²) < 4.78 is 0. The van der Waals surface area contributed by atoms with Crippen molar-refractivity contribution in [2.24, 2.45) is 0 Å². The Labute approximate surface area is 139 Å². The van der Waals surface area contributed by atoms with Crippen LogP contribution < -0.4 is 10.2 Å². The molecule has 0 radical (unpaired) electrons. The second-order valence-corrected chi connectivity index (χ2v) is 6.20. The van der Waals surface area contributed by atoms with Crippen molar-refractivity contribution in [1.82, 2.24) is 0 Å². The first-order valence-electron chi connectivity index (χ1n) is 8.17. The zero-order valence-electron chi connectivity index (χ0n) is 14.7. The van der Waals surface area contributed by atoms with E-state index in [4.69, 9.17) is 0 Å². The van der Waals surface area contributed by atoms with Gasteiger partial charge in [0.05, 0.1) is 0 Å². The molecule has 0 bridgehead atoms. The minimum Gasteiger partial charge on any atom is -0.369 e. The van der Waals surface area contributed by atoms with E-state index >= 15 is 0 Å². The number of anilines is 2. The molecule has 23 heavy (non-hydrogen) atoms. The molecule has 1 N–H and O–H groups in total. The van der Waals surface area contributed by atoms with Crippen LogP contribution in [0.3, 0.4) is 0 Å². The van der Waals surface area contributed by atoms with Gasteiger partial charge in [0.2, 0.25) is 0 Å². The third-order valence-corrected chi connectivity index (χ3v) is 4.06. The summed E-state index contributed by atoms with van der Waals surface area (Å²) in [6, 6.07) is 14.4. The highest BCUT2D eigenvalue weighted by molar-refractivity contribution is 6.05. The fraction of sp³-hybridized carbons (Fsp3) is 0.350. The maximum absolute atomic E-state index is 12.4. The van der Waals surface area contributed by atoms with Gasteiger partial charge in [-0.15, -0.1) is 0 Å². The molecule has 0 heterocycles. The molecule has 0 aliphatic rings. The summed E-state index contributed by atoms with van der Waals surface area (Å²) in [6.07, 6.45) is 0. The Hall–Kier alpha value is -2.29. The number of hydrogen-bond donors (Lipinski definition) is 1. The van der Waals surface area contributed by atoms with E-state index in [9.17, 15) is 4.79 Å². The summed E-state index contributed by atoms with van der Waals surface area (Å²) >= 11 is 0. The molecule has 0 aliphatic carbocycles. The van der Waals surface area contributed by atoms with Crippen molar-refractivity contribution in [3.63, 3.8) is 0 Å².